The maximum atomic E-state index is 12.2. The molecule has 0 aliphatic heterocycles. The third-order valence-electron chi connectivity index (χ3n) is 4.00. The van der Waals surface area contributed by atoms with E-state index < -0.39 is 10.0 Å². The summed E-state index contributed by atoms with van der Waals surface area (Å²) < 4.78 is 27.0. The largest absolute Gasteiger partial charge is 0.357 e. The standard InChI is InChI=1S/C20H30N4O2S2.HI/c1-4-21-20(24-16(2)14-19-11-10-17(3)27-19)22-12-13-28(25,26)23-15-18-8-6-5-7-9-18;/h5-11,16,23H,4,12-15H2,1-3H3,(H2,21,22,24);1H. The highest BCUT2D eigenvalue weighted by atomic mass is 127. The van der Waals surface area contributed by atoms with Gasteiger partial charge < -0.3 is 10.6 Å². The first-order chi connectivity index (χ1) is 13.4. The normalized spacial score (nSPS) is 12.9. The van der Waals surface area contributed by atoms with Crippen molar-refractivity contribution >= 4 is 51.3 Å². The lowest BCUT2D eigenvalue weighted by molar-refractivity contribution is 0.581. The molecule has 2 aromatic rings. The Morgan fingerprint density at radius 2 is 1.90 bits per heavy atom. The Hall–Kier alpha value is -1.17. The highest BCUT2D eigenvalue weighted by Crippen LogP contribution is 2.16. The van der Waals surface area contributed by atoms with Gasteiger partial charge in [0.05, 0.1) is 12.3 Å². The molecule has 0 amide bonds. The summed E-state index contributed by atoms with van der Waals surface area (Å²) in [5.74, 6) is 0.594. The number of hydrogen-bond acceptors (Lipinski definition) is 4. The molecule has 0 radical (unpaired) electrons. The van der Waals surface area contributed by atoms with Crippen molar-refractivity contribution in [1.82, 2.24) is 15.4 Å². The number of guanidine groups is 1. The predicted octanol–water partition coefficient (Wildman–Crippen LogP) is 3.28. The molecule has 1 aromatic carbocycles. The lowest BCUT2D eigenvalue weighted by atomic mass is 10.2. The lowest BCUT2D eigenvalue weighted by Crippen LogP contribution is -2.43. The summed E-state index contributed by atoms with van der Waals surface area (Å²) in [5, 5.41) is 6.53. The van der Waals surface area contributed by atoms with Crippen molar-refractivity contribution in [2.24, 2.45) is 4.99 Å². The van der Waals surface area contributed by atoms with Gasteiger partial charge in [-0.05, 0) is 38.5 Å². The number of benzene rings is 1. The second-order valence-corrected chi connectivity index (χ2v) is 9.95. The van der Waals surface area contributed by atoms with Gasteiger partial charge in [-0.2, -0.15) is 0 Å². The number of rotatable bonds is 10. The third kappa shape index (κ3) is 10.4. The van der Waals surface area contributed by atoms with Crippen LogP contribution in [0.4, 0.5) is 0 Å². The highest BCUT2D eigenvalue weighted by molar-refractivity contribution is 14.0. The molecule has 0 fully saturated rings. The number of nitrogens with one attached hydrogen (secondary N) is 3. The fourth-order valence-corrected chi connectivity index (χ4v) is 4.52. The van der Waals surface area contributed by atoms with E-state index >= 15 is 0 Å². The van der Waals surface area contributed by atoms with Gasteiger partial charge >= 0.3 is 0 Å². The average Bonchev–Trinajstić information content (AvgIpc) is 3.05. The highest BCUT2D eigenvalue weighted by Gasteiger charge is 2.11. The summed E-state index contributed by atoms with van der Waals surface area (Å²) in [5.41, 5.74) is 0.933. The van der Waals surface area contributed by atoms with Crippen LogP contribution in [0.25, 0.3) is 0 Å². The smallest absolute Gasteiger partial charge is 0.213 e. The number of sulfonamides is 1. The number of hydrogen-bond donors (Lipinski definition) is 3. The summed E-state index contributed by atoms with van der Waals surface area (Å²) in [4.78, 5) is 7.04. The molecule has 0 saturated carbocycles. The van der Waals surface area contributed by atoms with Crippen molar-refractivity contribution in [3.8, 4) is 0 Å². The number of halogens is 1. The van der Waals surface area contributed by atoms with E-state index in [1.807, 2.05) is 37.3 Å². The van der Waals surface area contributed by atoms with Crippen molar-refractivity contribution < 1.29 is 8.42 Å². The molecule has 0 spiro atoms. The minimum Gasteiger partial charge on any atom is -0.357 e. The van der Waals surface area contributed by atoms with E-state index in [1.165, 1.54) is 9.75 Å². The van der Waals surface area contributed by atoms with Gasteiger partial charge in [0.15, 0.2) is 5.96 Å². The molecule has 2 rings (SSSR count). The maximum Gasteiger partial charge on any atom is 0.213 e. The van der Waals surface area contributed by atoms with Crippen molar-refractivity contribution in [1.29, 1.82) is 0 Å². The van der Waals surface area contributed by atoms with E-state index in [0.717, 1.165) is 18.5 Å². The van der Waals surface area contributed by atoms with E-state index in [2.05, 4.69) is 46.3 Å². The van der Waals surface area contributed by atoms with Crippen molar-refractivity contribution in [2.75, 3.05) is 18.8 Å². The monoisotopic (exact) mass is 550 g/mol. The summed E-state index contributed by atoms with van der Waals surface area (Å²) >= 11 is 1.79. The van der Waals surface area contributed by atoms with Crippen LogP contribution in [0.5, 0.6) is 0 Å². The van der Waals surface area contributed by atoms with Crippen LogP contribution in [0.3, 0.4) is 0 Å². The van der Waals surface area contributed by atoms with E-state index in [-0.39, 0.29) is 42.3 Å². The molecular weight excluding hydrogens is 519 g/mol. The summed E-state index contributed by atoms with van der Waals surface area (Å²) in [7, 11) is -3.38. The van der Waals surface area contributed by atoms with Gasteiger partial charge in [-0.15, -0.1) is 35.3 Å². The summed E-state index contributed by atoms with van der Waals surface area (Å²) in [6, 6.07) is 13.9. The summed E-state index contributed by atoms with van der Waals surface area (Å²) in [6.45, 7) is 7.40. The van der Waals surface area contributed by atoms with Crippen LogP contribution < -0.4 is 15.4 Å². The molecule has 1 aromatic heterocycles. The second-order valence-electron chi connectivity index (χ2n) is 6.65. The predicted molar refractivity (Wildman–Crippen MR) is 134 cm³/mol. The first kappa shape index (κ1) is 25.9. The first-order valence-corrected chi connectivity index (χ1v) is 12.0. The molecule has 29 heavy (non-hydrogen) atoms. The van der Waals surface area contributed by atoms with Crippen molar-refractivity contribution in [2.45, 2.75) is 39.8 Å². The molecule has 6 nitrogen and oxygen atoms in total. The van der Waals surface area contributed by atoms with E-state index in [4.69, 9.17) is 0 Å². The van der Waals surface area contributed by atoms with Crippen molar-refractivity contribution in [3.05, 3.63) is 57.8 Å². The Morgan fingerprint density at radius 1 is 1.17 bits per heavy atom. The Labute approximate surface area is 195 Å². The van der Waals surface area contributed by atoms with Gasteiger partial charge in [0.2, 0.25) is 10.0 Å². The van der Waals surface area contributed by atoms with E-state index in [0.29, 0.717) is 12.5 Å². The lowest BCUT2D eigenvalue weighted by Gasteiger charge is -2.17. The van der Waals surface area contributed by atoms with Crippen LogP contribution in [0, 0.1) is 6.92 Å². The minimum absolute atomic E-state index is 0. The van der Waals surface area contributed by atoms with Gasteiger partial charge in [-0.25, -0.2) is 13.1 Å². The quantitative estimate of drug-likeness (QED) is 0.241. The van der Waals surface area contributed by atoms with Gasteiger partial charge in [-0.3, -0.25) is 4.99 Å². The molecule has 0 bridgehead atoms. The van der Waals surface area contributed by atoms with Gasteiger partial charge in [-0.1, -0.05) is 30.3 Å². The van der Waals surface area contributed by atoms with Crippen LogP contribution in [-0.4, -0.2) is 39.3 Å². The zero-order valence-corrected chi connectivity index (χ0v) is 21.1. The molecule has 1 heterocycles. The van der Waals surface area contributed by atoms with Gasteiger partial charge in [0.1, 0.15) is 0 Å². The average molecular weight is 551 g/mol. The first-order valence-electron chi connectivity index (χ1n) is 9.49. The van der Waals surface area contributed by atoms with E-state index in [9.17, 15) is 8.42 Å². The van der Waals surface area contributed by atoms with E-state index in [1.54, 1.807) is 11.3 Å². The van der Waals surface area contributed by atoms with Crippen molar-refractivity contribution in [3.63, 3.8) is 0 Å². The number of aliphatic imine (C=N–C) groups is 1. The Balaban J connectivity index is 0.00000420. The number of aryl methyl sites for hydroxylation is 1. The summed E-state index contributed by atoms with van der Waals surface area (Å²) in [6.07, 6.45) is 0.903. The topological polar surface area (TPSA) is 82.6 Å². The number of thiophene rings is 1. The molecule has 162 valence electrons. The van der Waals surface area contributed by atoms with Crippen LogP contribution in [-0.2, 0) is 23.0 Å². The third-order valence-corrected chi connectivity index (χ3v) is 6.33. The molecule has 1 atom stereocenters. The minimum atomic E-state index is -3.38. The SMILES string of the molecule is CCNC(=NCCS(=O)(=O)NCc1ccccc1)NC(C)Cc1ccc(C)s1.I. The maximum absolute atomic E-state index is 12.2. The Bertz CT molecular complexity index is 854. The molecule has 9 heteroatoms. The molecule has 0 aliphatic carbocycles. The van der Waals surface area contributed by atoms with Gasteiger partial charge in [0.25, 0.3) is 0 Å². The van der Waals surface area contributed by atoms with Crippen LogP contribution in [0.2, 0.25) is 0 Å². The van der Waals surface area contributed by atoms with Crippen LogP contribution >= 0.6 is 35.3 Å². The zero-order valence-electron chi connectivity index (χ0n) is 17.1. The molecule has 0 saturated heterocycles. The zero-order chi connectivity index (χ0) is 20.4. The number of nitrogens with zero attached hydrogens (tertiary/aromatic N) is 1. The molecule has 3 N–H and O–H groups in total. The second kappa shape index (κ2) is 13.2. The molecule has 1 unspecified atom stereocenters. The Kier molecular flexibility index (Phi) is 11.8. The van der Waals surface area contributed by atoms with Gasteiger partial charge in [0, 0.05) is 35.3 Å². The molecular formula is C20H31IN4O2S2. The van der Waals surface area contributed by atoms with Crippen LogP contribution in [0.1, 0.15) is 29.2 Å². The van der Waals surface area contributed by atoms with Crippen LogP contribution in [0.15, 0.2) is 47.5 Å². The fraction of sp³-hybridized carbons (Fsp3) is 0.450. The molecule has 0 aliphatic rings. The Morgan fingerprint density at radius 3 is 2.52 bits per heavy atom. The fourth-order valence-electron chi connectivity index (χ4n) is 2.64.